The van der Waals surface area contributed by atoms with Crippen LogP contribution in [0.1, 0.15) is 41.5 Å². The summed E-state index contributed by atoms with van der Waals surface area (Å²) in [5, 5.41) is 9.76. The molecule has 0 aliphatic rings. The average molecular weight is 204 g/mol. The van der Waals surface area contributed by atoms with Gasteiger partial charge in [0.05, 0.1) is 6.10 Å². The number of aliphatic hydroxyl groups is 1. The van der Waals surface area contributed by atoms with Crippen LogP contribution in [0.5, 0.6) is 0 Å². The van der Waals surface area contributed by atoms with E-state index in [1.165, 1.54) is 0 Å². The highest BCUT2D eigenvalue weighted by Crippen LogP contribution is 2.26. The second-order valence-electron chi connectivity index (χ2n) is 5.96. The first kappa shape index (κ1) is 13.3. The molecule has 0 aliphatic heterocycles. The van der Waals surface area contributed by atoms with Gasteiger partial charge in [0.1, 0.15) is 0 Å². The van der Waals surface area contributed by atoms with Crippen molar-refractivity contribution in [2.24, 2.45) is 10.8 Å². The Kier molecular flexibility index (Phi) is 4.81. The molecule has 0 aliphatic carbocycles. The first-order chi connectivity index (χ1) is 5.63. The van der Waals surface area contributed by atoms with Crippen molar-refractivity contribution in [2.75, 3.05) is 11.5 Å². The van der Waals surface area contributed by atoms with Gasteiger partial charge in [-0.1, -0.05) is 41.5 Å². The highest BCUT2D eigenvalue weighted by molar-refractivity contribution is 7.99. The molecule has 0 saturated carbocycles. The molecule has 0 bridgehead atoms. The van der Waals surface area contributed by atoms with Crippen LogP contribution in [0.2, 0.25) is 0 Å². The predicted molar refractivity (Wildman–Crippen MR) is 62.2 cm³/mol. The molecule has 1 atom stereocenters. The second kappa shape index (κ2) is 4.70. The van der Waals surface area contributed by atoms with Crippen molar-refractivity contribution in [2.45, 2.75) is 47.6 Å². The smallest absolute Gasteiger partial charge is 0.0678 e. The van der Waals surface area contributed by atoms with Gasteiger partial charge in [-0.2, -0.15) is 11.8 Å². The van der Waals surface area contributed by atoms with E-state index in [1.807, 2.05) is 11.8 Å². The zero-order valence-electron chi connectivity index (χ0n) is 9.85. The fourth-order valence-corrected chi connectivity index (χ4v) is 2.18. The number of thioether (sulfide) groups is 1. The highest BCUT2D eigenvalue weighted by Gasteiger charge is 2.22. The molecule has 0 saturated heterocycles. The lowest BCUT2D eigenvalue weighted by Crippen LogP contribution is -2.28. The van der Waals surface area contributed by atoms with Crippen molar-refractivity contribution < 1.29 is 5.11 Å². The van der Waals surface area contributed by atoms with Gasteiger partial charge in [-0.3, -0.25) is 0 Å². The van der Waals surface area contributed by atoms with E-state index in [0.29, 0.717) is 5.41 Å². The molecule has 0 aromatic rings. The summed E-state index contributed by atoms with van der Waals surface area (Å²) in [6.07, 6.45) is -0.195. The van der Waals surface area contributed by atoms with Crippen LogP contribution >= 0.6 is 11.8 Å². The molecule has 0 aromatic heterocycles. The summed E-state index contributed by atoms with van der Waals surface area (Å²) in [6.45, 7) is 12.9. The molecule has 0 fully saturated rings. The van der Waals surface area contributed by atoms with Crippen LogP contribution in [0.3, 0.4) is 0 Å². The van der Waals surface area contributed by atoms with Crippen molar-refractivity contribution in [1.29, 1.82) is 0 Å². The molecule has 1 nitrogen and oxygen atoms in total. The molecule has 0 amide bonds. The van der Waals surface area contributed by atoms with Crippen molar-refractivity contribution in [3.63, 3.8) is 0 Å². The van der Waals surface area contributed by atoms with Crippen LogP contribution < -0.4 is 0 Å². The maximum Gasteiger partial charge on any atom is 0.0678 e. The Morgan fingerprint density at radius 2 is 1.54 bits per heavy atom. The van der Waals surface area contributed by atoms with Crippen molar-refractivity contribution in [1.82, 2.24) is 0 Å². The summed E-state index contributed by atoms with van der Waals surface area (Å²) in [6, 6.07) is 0. The zero-order valence-corrected chi connectivity index (χ0v) is 10.7. The van der Waals surface area contributed by atoms with Gasteiger partial charge < -0.3 is 5.11 Å². The van der Waals surface area contributed by atoms with E-state index in [0.717, 1.165) is 11.5 Å². The Morgan fingerprint density at radius 1 is 1.08 bits per heavy atom. The van der Waals surface area contributed by atoms with E-state index in [-0.39, 0.29) is 11.5 Å². The first-order valence-electron chi connectivity index (χ1n) is 4.89. The van der Waals surface area contributed by atoms with Gasteiger partial charge in [0, 0.05) is 5.75 Å². The summed E-state index contributed by atoms with van der Waals surface area (Å²) < 4.78 is 0. The molecule has 0 radical (unpaired) electrons. The van der Waals surface area contributed by atoms with Gasteiger partial charge >= 0.3 is 0 Å². The van der Waals surface area contributed by atoms with Gasteiger partial charge in [-0.25, -0.2) is 0 Å². The van der Waals surface area contributed by atoms with E-state index >= 15 is 0 Å². The third kappa shape index (κ3) is 7.39. The Hall–Kier alpha value is 0.310. The van der Waals surface area contributed by atoms with Gasteiger partial charge in [-0.05, 0) is 16.6 Å². The molecular weight excluding hydrogens is 180 g/mol. The second-order valence-corrected chi connectivity index (χ2v) is 6.99. The topological polar surface area (TPSA) is 20.2 Å². The fraction of sp³-hybridized carbons (Fsp3) is 1.00. The number of hydrogen-bond acceptors (Lipinski definition) is 2. The summed E-state index contributed by atoms with van der Waals surface area (Å²) >= 11 is 1.85. The average Bonchev–Trinajstić information content (AvgIpc) is 1.82. The molecule has 0 spiro atoms. The van der Waals surface area contributed by atoms with Gasteiger partial charge in [0.25, 0.3) is 0 Å². The van der Waals surface area contributed by atoms with E-state index < -0.39 is 0 Å². The summed E-state index contributed by atoms with van der Waals surface area (Å²) in [5.41, 5.74) is 0.382. The van der Waals surface area contributed by atoms with E-state index in [1.54, 1.807) is 0 Å². The third-order valence-electron chi connectivity index (χ3n) is 1.81. The van der Waals surface area contributed by atoms with Gasteiger partial charge in [-0.15, -0.1) is 0 Å². The molecule has 0 rings (SSSR count). The summed E-state index contributed by atoms with van der Waals surface area (Å²) in [7, 11) is 0. The molecule has 80 valence electrons. The lowest BCUT2D eigenvalue weighted by molar-refractivity contribution is 0.0842. The molecular formula is C11H24OS. The molecule has 0 aromatic carbocycles. The standard InChI is InChI=1S/C11H24OS/c1-10(2,3)8-13-7-9(12)11(4,5)6/h9,12H,7-8H2,1-6H3. The van der Waals surface area contributed by atoms with Crippen LogP contribution in [0.4, 0.5) is 0 Å². The quantitative estimate of drug-likeness (QED) is 0.762. The Balaban J connectivity index is 3.67. The fourth-order valence-electron chi connectivity index (χ4n) is 0.727. The van der Waals surface area contributed by atoms with Gasteiger partial charge in [0.2, 0.25) is 0 Å². The predicted octanol–water partition coefficient (Wildman–Crippen LogP) is 3.17. The number of hydrogen-bond donors (Lipinski definition) is 1. The van der Waals surface area contributed by atoms with E-state index in [9.17, 15) is 5.11 Å². The van der Waals surface area contributed by atoms with E-state index in [4.69, 9.17) is 0 Å². The van der Waals surface area contributed by atoms with E-state index in [2.05, 4.69) is 41.5 Å². The SMILES string of the molecule is CC(C)(C)CSCC(O)C(C)(C)C. The van der Waals surface area contributed by atoms with Crippen LogP contribution in [0.15, 0.2) is 0 Å². The van der Waals surface area contributed by atoms with Crippen LogP contribution in [-0.4, -0.2) is 22.7 Å². The summed E-state index contributed by atoms with van der Waals surface area (Å²) in [5.74, 6) is 1.96. The molecule has 1 unspecified atom stereocenters. The Labute approximate surface area is 87.3 Å². The van der Waals surface area contributed by atoms with Crippen LogP contribution in [0, 0.1) is 10.8 Å². The van der Waals surface area contributed by atoms with Crippen LogP contribution in [0.25, 0.3) is 0 Å². The molecule has 2 heteroatoms. The first-order valence-corrected chi connectivity index (χ1v) is 6.04. The minimum Gasteiger partial charge on any atom is -0.392 e. The lowest BCUT2D eigenvalue weighted by Gasteiger charge is -2.26. The maximum absolute atomic E-state index is 9.76. The lowest BCUT2D eigenvalue weighted by atomic mass is 9.90. The van der Waals surface area contributed by atoms with Crippen LogP contribution in [-0.2, 0) is 0 Å². The Morgan fingerprint density at radius 3 is 1.85 bits per heavy atom. The van der Waals surface area contributed by atoms with Crippen molar-refractivity contribution >= 4 is 11.8 Å². The zero-order chi connectivity index (χ0) is 10.7. The molecule has 1 N–H and O–H groups in total. The summed E-state index contributed by atoms with van der Waals surface area (Å²) in [4.78, 5) is 0. The number of rotatable bonds is 3. The highest BCUT2D eigenvalue weighted by atomic mass is 32.2. The molecule has 0 heterocycles. The Bertz CT molecular complexity index is 141. The minimum absolute atomic E-state index is 0.0187. The largest absolute Gasteiger partial charge is 0.392 e. The number of aliphatic hydroxyl groups excluding tert-OH is 1. The molecule has 13 heavy (non-hydrogen) atoms. The van der Waals surface area contributed by atoms with Crippen molar-refractivity contribution in [3.8, 4) is 0 Å². The van der Waals surface area contributed by atoms with Gasteiger partial charge in [0.15, 0.2) is 0 Å². The normalized spacial score (nSPS) is 15.9. The third-order valence-corrected chi connectivity index (χ3v) is 3.43. The maximum atomic E-state index is 9.76. The van der Waals surface area contributed by atoms with Crippen molar-refractivity contribution in [3.05, 3.63) is 0 Å². The monoisotopic (exact) mass is 204 g/mol. The minimum atomic E-state index is -0.195.